The van der Waals surface area contributed by atoms with E-state index in [2.05, 4.69) is 4.84 Å². The third kappa shape index (κ3) is 2.23. The first-order chi connectivity index (χ1) is 6.16. The van der Waals surface area contributed by atoms with Gasteiger partial charge in [0.2, 0.25) is 0 Å². The van der Waals surface area contributed by atoms with Gasteiger partial charge < -0.3 is 0 Å². The van der Waals surface area contributed by atoms with E-state index in [1.54, 1.807) is 6.07 Å². The van der Waals surface area contributed by atoms with E-state index in [9.17, 15) is 8.78 Å². The van der Waals surface area contributed by atoms with E-state index in [-0.39, 0.29) is 12.2 Å². The van der Waals surface area contributed by atoms with Gasteiger partial charge >= 0.3 is 0 Å². The maximum Gasteiger partial charge on any atom is 0.129 e. The molecule has 0 amide bonds. The van der Waals surface area contributed by atoms with Gasteiger partial charge in [0.05, 0.1) is 6.61 Å². The molecule has 72 valence electrons. The zero-order valence-electron chi connectivity index (χ0n) is 7.26. The van der Waals surface area contributed by atoms with Gasteiger partial charge in [0.25, 0.3) is 0 Å². The van der Waals surface area contributed by atoms with Crippen molar-refractivity contribution in [2.45, 2.75) is 19.7 Å². The number of benzene rings is 1. The molecule has 2 N–H and O–H groups in total. The molecule has 1 aromatic carbocycles. The summed E-state index contributed by atoms with van der Waals surface area (Å²) in [7, 11) is 0. The fraction of sp³-hybridized carbons (Fsp3) is 0.333. The van der Waals surface area contributed by atoms with Crippen LogP contribution in [-0.2, 0) is 11.4 Å². The number of alkyl halides is 1. The second kappa shape index (κ2) is 4.30. The van der Waals surface area contributed by atoms with Crippen LogP contribution in [0.1, 0.15) is 24.2 Å². The number of hydrogen-bond donors (Lipinski definition) is 1. The molecule has 0 fully saturated rings. The molecule has 0 aliphatic heterocycles. The summed E-state index contributed by atoms with van der Waals surface area (Å²) in [4.78, 5) is 4.34. The summed E-state index contributed by atoms with van der Waals surface area (Å²) >= 11 is 0. The maximum absolute atomic E-state index is 13.1. The van der Waals surface area contributed by atoms with Gasteiger partial charge in [-0.1, -0.05) is 12.1 Å². The molecule has 0 bridgehead atoms. The van der Waals surface area contributed by atoms with Crippen LogP contribution >= 0.6 is 0 Å². The van der Waals surface area contributed by atoms with Gasteiger partial charge in [0, 0.05) is 5.56 Å². The van der Waals surface area contributed by atoms with E-state index in [4.69, 9.17) is 5.90 Å². The highest BCUT2D eigenvalue weighted by Gasteiger charge is 2.14. The number of halogens is 2. The summed E-state index contributed by atoms with van der Waals surface area (Å²) in [6, 6.07) is 4.29. The van der Waals surface area contributed by atoms with Gasteiger partial charge in [-0.25, -0.2) is 14.7 Å². The molecule has 1 atom stereocenters. The van der Waals surface area contributed by atoms with E-state index >= 15 is 0 Å². The lowest BCUT2D eigenvalue weighted by Gasteiger charge is -2.09. The molecule has 4 heteroatoms. The highest BCUT2D eigenvalue weighted by molar-refractivity contribution is 5.29. The molecule has 13 heavy (non-hydrogen) atoms. The predicted octanol–water partition coefficient (Wildman–Crippen LogP) is 2.25. The second-order valence-corrected chi connectivity index (χ2v) is 2.74. The Labute approximate surface area is 75.3 Å². The first kappa shape index (κ1) is 10.1. The summed E-state index contributed by atoms with van der Waals surface area (Å²) in [5.74, 6) is 4.27. The van der Waals surface area contributed by atoms with Crippen molar-refractivity contribution in [3.63, 3.8) is 0 Å². The Morgan fingerprint density at radius 3 is 2.77 bits per heavy atom. The van der Waals surface area contributed by atoms with Gasteiger partial charge in [-0.05, 0) is 18.6 Å². The van der Waals surface area contributed by atoms with Crippen LogP contribution in [0.4, 0.5) is 8.78 Å². The minimum absolute atomic E-state index is 0.0152. The molecule has 0 aromatic heterocycles. The monoisotopic (exact) mass is 187 g/mol. The molecular formula is C9H11F2NO. The van der Waals surface area contributed by atoms with Crippen LogP contribution in [0.3, 0.4) is 0 Å². The molecule has 0 saturated heterocycles. The number of hydrogen-bond acceptors (Lipinski definition) is 2. The Bertz CT molecular complexity index is 289. The molecule has 0 aliphatic carbocycles. The normalized spacial score (nSPS) is 12.9. The van der Waals surface area contributed by atoms with Crippen molar-refractivity contribution in [2.75, 3.05) is 0 Å². The van der Waals surface area contributed by atoms with Crippen molar-refractivity contribution < 1.29 is 13.6 Å². The molecule has 0 aliphatic rings. The third-order valence-electron chi connectivity index (χ3n) is 1.78. The summed E-state index contributed by atoms with van der Waals surface area (Å²) in [6.07, 6.45) is -1.36. The van der Waals surface area contributed by atoms with Crippen LogP contribution in [0.2, 0.25) is 0 Å². The van der Waals surface area contributed by atoms with Gasteiger partial charge in [-0.15, -0.1) is 0 Å². The molecule has 0 saturated carbocycles. The van der Waals surface area contributed by atoms with Gasteiger partial charge in [-0.2, -0.15) is 0 Å². The minimum Gasteiger partial charge on any atom is -0.300 e. The zero-order valence-corrected chi connectivity index (χ0v) is 7.26. The average Bonchev–Trinajstić information content (AvgIpc) is 2.04. The number of nitrogens with two attached hydrogens (primary N) is 1. The van der Waals surface area contributed by atoms with Crippen molar-refractivity contribution in [2.24, 2.45) is 5.90 Å². The number of rotatable bonds is 3. The van der Waals surface area contributed by atoms with E-state index in [0.29, 0.717) is 5.56 Å². The fourth-order valence-corrected chi connectivity index (χ4v) is 1.24. The maximum atomic E-state index is 13.1. The lowest BCUT2D eigenvalue weighted by Crippen LogP contribution is -2.04. The molecule has 0 spiro atoms. The average molecular weight is 187 g/mol. The van der Waals surface area contributed by atoms with Gasteiger partial charge in [0.1, 0.15) is 12.0 Å². The SMILES string of the molecule is CC(F)c1c(F)cccc1CON. The molecule has 2 nitrogen and oxygen atoms in total. The lowest BCUT2D eigenvalue weighted by molar-refractivity contribution is 0.122. The van der Waals surface area contributed by atoms with Crippen molar-refractivity contribution in [1.82, 2.24) is 0 Å². The van der Waals surface area contributed by atoms with Gasteiger partial charge in [0.15, 0.2) is 0 Å². The summed E-state index contributed by atoms with van der Waals surface area (Å²) in [5, 5.41) is 0. The summed E-state index contributed by atoms with van der Waals surface area (Å²) in [6.45, 7) is 1.29. The molecule has 0 heterocycles. The van der Waals surface area contributed by atoms with Crippen LogP contribution in [0.5, 0.6) is 0 Å². The third-order valence-corrected chi connectivity index (χ3v) is 1.78. The Morgan fingerprint density at radius 2 is 2.23 bits per heavy atom. The Kier molecular flexibility index (Phi) is 3.33. The standard InChI is InChI=1S/C9H11F2NO/c1-6(10)9-7(5-13-12)3-2-4-8(9)11/h2-4,6H,5,12H2,1H3. The molecule has 1 unspecified atom stereocenters. The van der Waals surface area contributed by atoms with Crippen LogP contribution in [0.25, 0.3) is 0 Å². The topological polar surface area (TPSA) is 35.2 Å². The quantitative estimate of drug-likeness (QED) is 0.736. The largest absolute Gasteiger partial charge is 0.300 e. The van der Waals surface area contributed by atoms with Crippen molar-refractivity contribution in [1.29, 1.82) is 0 Å². The first-order valence-electron chi connectivity index (χ1n) is 3.90. The van der Waals surface area contributed by atoms with E-state index in [1.165, 1.54) is 19.1 Å². The molecule has 1 aromatic rings. The van der Waals surface area contributed by atoms with E-state index in [0.717, 1.165) is 0 Å². The summed E-state index contributed by atoms with van der Waals surface area (Å²) in [5.41, 5.74) is 0.463. The Balaban J connectivity index is 3.10. The predicted molar refractivity (Wildman–Crippen MR) is 44.9 cm³/mol. The highest BCUT2D eigenvalue weighted by Crippen LogP contribution is 2.24. The van der Waals surface area contributed by atoms with Crippen LogP contribution < -0.4 is 5.90 Å². The fourth-order valence-electron chi connectivity index (χ4n) is 1.24. The van der Waals surface area contributed by atoms with Gasteiger partial charge in [-0.3, -0.25) is 4.84 Å². The minimum atomic E-state index is -1.36. The zero-order chi connectivity index (χ0) is 9.84. The van der Waals surface area contributed by atoms with Crippen LogP contribution in [0, 0.1) is 5.82 Å². The Hall–Kier alpha value is -1.00. The van der Waals surface area contributed by atoms with E-state index < -0.39 is 12.0 Å². The smallest absolute Gasteiger partial charge is 0.129 e. The Morgan fingerprint density at radius 1 is 1.54 bits per heavy atom. The molecular weight excluding hydrogens is 176 g/mol. The second-order valence-electron chi connectivity index (χ2n) is 2.74. The van der Waals surface area contributed by atoms with E-state index in [1.807, 2.05) is 0 Å². The lowest BCUT2D eigenvalue weighted by atomic mass is 10.0. The first-order valence-corrected chi connectivity index (χ1v) is 3.90. The molecule has 0 radical (unpaired) electrons. The van der Waals surface area contributed by atoms with Crippen LogP contribution in [-0.4, -0.2) is 0 Å². The molecule has 1 rings (SSSR count). The van der Waals surface area contributed by atoms with Crippen molar-refractivity contribution in [3.05, 3.63) is 35.1 Å². The van der Waals surface area contributed by atoms with Crippen molar-refractivity contribution in [3.8, 4) is 0 Å². The summed E-state index contributed by atoms with van der Waals surface area (Å²) < 4.78 is 26.0. The van der Waals surface area contributed by atoms with Crippen molar-refractivity contribution >= 4 is 0 Å². The van der Waals surface area contributed by atoms with Crippen LogP contribution in [0.15, 0.2) is 18.2 Å². The highest BCUT2D eigenvalue weighted by atomic mass is 19.1.